The van der Waals surface area contributed by atoms with Crippen LogP contribution >= 0.6 is 0 Å². The molecular formula is C13H25N3O. The van der Waals surface area contributed by atoms with Gasteiger partial charge in [-0.2, -0.15) is 0 Å². The summed E-state index contributed by atoms with van der Waals surface area (Å²) in [5, 5.41) is 0. The summed E-state index contributed by atoms with van der Waals surface area (Å²) >= 11 is 0. The highest BCUT2D eigenvalue weighted by Gasteiger charge is 2.32. The summed E-state index contributed by atoms with van der Waals surface area (Å²) in [6.45, 7) is 6.30. The van der Waals surface area contributed by atoms with E-state index in [1.54, 1.807) is 0 Å². The zero-order valence-corrected chi connectivity index (χ0v) is 10.9. The fraction of sp³-hybridized carbons (Fsp3) is 0.923. The number of likely N-dealkylation sites (tertiary alicyclic amines) is 2. The Bertz CT molecular complexity index is 263. The van der Waals surface area contributed by atoms with Gasteiger partial charge >= 0.3 is 0 Å². The molecule has 0 radical (unpaired) electrons. The molecule has 98 valence electrons. The minimum atomic E-state index is -0.280. The van der Waals surface area contributed by atoms with E-state index in [1.807, 2.05) is 4.90 Å². The average Bonchev–Trinajstić information content (AvgIpc) is 2.98. The molecular weight excluding hydrogens is 214 g/mol. The second kappa shape index (κ2) is 5.83. The van der Waals surface area contributed by atoms with E-state index in [0.717, 1.165) is 32.4 Å². The molecule has 0 aromatic carbocycles. The van der Waals surface area contributed by atoms with E-state index in [0.29, 0.717) is 6.04 Å². The summed E-state index contributed by atoms with van der Waals surface area (Å²) < 4.78 is 0. The van der Waals surface area contributed by atoms with Gasteiger partial charge in [-0.05, 0) is 38.8 Å². The van der Waals surface area contributed by atoms with Gasteiger partial charge in [-0.25, -0.2) is 0 Å². The van der Waals surface area contributed by atoms with Gasteiger partial charge in [-0.15, -0.1) is 0 Å². The van der Waals surface area contributed by atoms with E-state index in [2.05, 4.69) is 11.8 Å². The molecule has 4 heteroatoms. The van der Waals surface area contributed by atoms with Crippen molar-refractivity contribution in [2.24, 2.45) is 5.73 Å². The van der Waals surface area contributed by atoms with Crippen molar-refractivity contribution >= 4 is 5.91 Å². The Morgan fingerprint density at radius 2 is 2.06 bits per heavy atom. The average molecular weight is 239 g/mol. The summed E-state index contributed by atoms with van der Waals surface area (Å²) in [6, 6.07) is 0.313. The standard InChI is InChI=1S/C13H25N3O/c1-2-5-12(14)13(17)16-9-6-11(10-16)15-7-3-4-8-15/h11-12H,2-10,14H2,1H3/t11?,12-/m0/s1. The number of nitrogens with two attached hydrogens (primary N) is 1. The van der Waals surface area contributed by atoms with Gasteiger partial charge in [0.15, 0.2) is 0 Å². The quantitative estimate of drug-likeness (QED) is 0.790. The van der Waals surface area contributed by atoms with Crippen LogP contribution in [0.1, 0.15) is 39.0 Å². The van der Waals surface area contributed by atoms with E-state index < -0.39 is 0 Å². The number of hydrogen-bond donors (Lipinski definition) is 1. The monoisotopic (exact) mass is 239 g/mol. The number of nitrogens with zero attached hydrogens (tertiary/aromatic N) is 2. The predicted octanol–water partition coefficient (Wildman–Crippen LogP) is 0.811. The van der Waals surface area contributed by atoms with Crippen LogP contribution in [0.5, 0.6) is 0 Å². The molecule has 2 aliphatic heterocycles. The molecule has 0 spiro atoms. The van der Waals surface area contributed by atoms with Crippen molar-refractivity contribution in [1.29, 1.82) is 0 Å². The summed E-state index contributed by atoms with van der Waals surface area (Å²) in [6.07, 6.45) is 5.56. The lowest BCUT2D eigenvalue weighted by atomic mass is 10.1. The first-order valence-electron chi connectivity index (χ1n) is 7.00. The minimum absolute atomic E-state index is 0.161. The molecule has 0 aromatic heterocycles. The molecule has 17 heavy (non-hydrogen) atoms. The van der Waals surface area contributed by atoms with Gasteiger partial charge in [0.25, 0.3) is 0 Å². The molecule has 2 saturated heterocycles. The molecule has 2 N–H and O–H groups in total. The van der Waals surface area contributed by atoms with Crippen molar-refractivity contribution in [3.63, 3.8) is 0 Å². The smallest absolute Gasteiger partial charge is 0.239 e. The molecule has 2 heterocycles. The topological polar surface area (TPSA) is 49.6 Å². The Morgan fingerprint density at radius 3 is 2.71 bits per heavy atom. The summed E-state index contributed by atoms with van der Waals surface area (Å²) in [5.41, 5.74) is 5.90. The van der Waals surface area contributed by atoms with Crippen LogP contribution in [0.3, 0.4) is 0 Å². The third-order valence-corrected chi connectivity index (χ3v) is 4.05. The fourth-order valence-electron chi connectivity index (χ4n) is 3.02. The highest BCUT2D eigenvalue weighted by atomic mass is 16.2. The maximum absolute atomic E-state index is 12.1. The molecule has 2 fully saturated rings. The van der Waals surface area contributed by atoms with Gasteiger partial charge in [0.05, 0.1) is 6.04 Å². The Kier molecular flexibility index (Phi) is 4.40. The first-order valence-corrected chi connectivity index (χ1v) is 7.00. The van der Waals surface area contributed by atoms with Crippen molar-refractivity contribution in [2.75, 3.05) is 26.2 Å². The van der Waals surface area contributed by atoms with Crippen molar-refractivity contribution in [3.05, 3.63) is 0 Å². The number of hydrogen-bond acceptors (Lipinski definition) is 3. The van der Waals surface area contributed by atoms with Crippen molar-refractivity contribution < 1.29 is 4.79 Å². The van der Waals surface area contributed by atoms with Crippen LogP contribution in [0.25, 0.3) is 0 Å². The fourth-order valence-corrected chi connectivity index (χ4v) is 3.02. The lowest BCUT2D eigenvalue weighted by molar-refractivity contribution is -0.131. The van der Waals surface area contributed by atoms with Crippen molar-refractivity contribution in [1.82, 2.24) is 9.80 Å². The number of carbonyl (C=O) groups is 1. The second-order valence-corrected chi connectivity index (χ2v) is 5.36. The molecule has 2 rings (SSSR count). The molecule has 1 unspecified atom stereocenters. The Morgan fingerprint density at radius 1 is 1.35 bits per heavy atom. The molecule has 0 bridgehead atoms. The first-order chi connectivity index (χ1) is 8.22. The van der Waals surface area contributed by atoms with Crippen molar-refractivity contribution in [3.8, 4) is 0 Å². The van der Waals surface area contributed by atoms with Crippen LogP contribution in [-0.2, 0) is 4.79 Å². The summed E-state index contributed by atoms with van der Waals surface area (Å²) in [5.74, 6) is 0.161. The Balaban J connectivity index is 1.82. The third kappa shape index (κ3) is 2.99. The molecule has 4 nitrogen and oxygen atoms in total. The number of rotatable bonds is 4. The van der Waals surface area contributed by atoms with Gasteiger partial charge in [0.2, 0.25) is 5.91 Å². The van der Waals surface area contributed by atoms with Gasteiger partial charge in [-0.1, -0.05) is 13.3 Å². The van der Waals surface area contributed by atoms with Crippen LogP contribution in [0, 0.1) is 0 Å². The predicted molar refractivity (Wildman–Crippen MR) is 68.7 cm³/mol. The third-order valence-electron chi connectivity index (χ3n) is 4.05. The van der Waals surface area contributed by atoms with Crippen LogP contribution in [0.4, 0.5) is 0 Å². The largest absolute Gasteiger partial charge is 0.340 e. The summed E-state index contributed by atoms with van der Waals surface area (Å²) in [4.78, 5) is 16.6. The van der Waals surface area contributed by atoms with Gasteiger partial charge in [-0.3, -0.25) is 9.69 Å². The molecule has 0 saturated carbocycles. The molecule has 2 aliphatic rings. The zero-order chi connectivity index (χ0) is 12.3. The maximum atomic E-state index is 12.1. The van der Waals surface area contributed by atoms with Gasteiger partial charge < -0.3 is 10.6 Å². The Labute approximate surface area is 104 Å². The molecule has 2 atom stereocenters. The van der Waals surface area contributed by atoms with E-state index in [4.69, 9.17) is 5.73 Å². The molecule has 0 aromatic rings. The highest BCUT2D eigenvalue weighted by molar-refractivity contribution is 5.81. The molecule has 0 aliphatic carbocycles. The second-order valence-electron chi connectivity index (χ2n) is 5.36. The Hall–Kier alpha value is -0.610. The van der Waals surface area contributed by atoms with Crippen LogP contribution in [0.2, 0.25) is 0 Å². The van der Waals surface area contributed by atoms with E-state index >= 15 is 0 Å². The van der Waals surface area contributed by atoms with Crippen molar-refractivity contribution in [2.45, 2.75) is 51.1 Å². The van der Waals surface area contributed by atoms with Crippen LogP contribution in [0.15, 0.2) is 0 Å². The van der Waals surface area contributed by atoms with E-state index in [1.165, 1.54) is 25.9 Å². The lowest BCUT2D eigenvalue weighted by Gasteiger charge is -2.24. The van der Waals surface area contributed by atoms with Gasteiger partial charge in [0, 0.05) is 19.1 Å². The van der Waals surface area contributed by atoms with E-state index in [-0.39, 0.29) is 11.9 Å². The van der Waals surface area contributed by atoms with Crippen LogP contribution < -0.4 is 5.73 Å². The number of amides is 1. The normalized spacial score (nSPS) is 27.6. The molecule has 1 amide bonds. The summed E-state index contributed by atoms with van der Waals surface area (Å²) in [7, 11) is 0. The van der Waals surface area contributed by atoms with Gasteiger partial charge in [0.1, 0.15) is 0 Å². The maximum Gasteiger partial charge on any atom is 0.239 e. The van der Waals surface area contributed by atoms with Crippen LogP contribution in [-0.4, -0.2) is 54.0 Å². The zero-order valence-electron chi connectivity index (χ0n) is 10.9. The lowest BCUT2D eigenvalue weighted by Crippen LogP contribution is -2.44. The number of carbonyl (C=O) groups excluding carboxylic acids is 1. The SMILES string of the molecule is CCC[C@H](N)C(=O)N1CCC(N2CCCC2)C1. The highest BCUT2D eigenvalue weighted by Crippen LogP contribution is 2.21. The minimum Gasteiger partial charge on any atom is -0.340 e. The first kappa shape index (κ1) is 12.8. The van der Waals surface area contributed by atoms with E-state index in [9.17, 15) is 4.79 Å².